The molecule has 0 aliphatic carbocycles. The maximum atomic E-state index is 10.2. The average molecular weight is 210 g/mol. The maximum absolute atomic E-state index is 10.2. The third-order valence-electron chi connectivity index (χ3n) is 1.91. The fourth-order valence-electron chi connectivity index (χ4n) is 1.15. The molecule has 1 unspecified atom stereocenters. The van der Waals surface area contributed by atoms with E-state index >= 15 is 0 Å². The summed E-state index contributed by atoms with van der Waals surface area (Å²) < 4.78 is 5.00. The Morgan fingerprint density at radius 3 is 3.00 bits per heavy atom. The molecular weight excluding hydrogens is 196 g/mol. The van der Waals surface area contributed by atoms with Gasteiger partial charge in [0.1, 0.15) is 11.9 Å². The molecular formula is C11H14O4. The van der Waals surface area contributed by atoms with Crippen molar-refractivity contribution in [1.82, 2.24) is 0 Å². The second kappa shape index (κ2) is 6.03. The number of allylic oxidation sites excluding steroid dienone is 1. The van der Waals surface area contributed by atoms with Crippen LogP contribution in [0.4, 0.5) is 0 Å². The summed E-state index contributed by atoms with van der Waals surface area (Å²) >= 11 is 0. The van der Waals surface area contributed by atoms with Gasteiger partial charge in [-0.25, -0.2) is 0 Å². The van der Waals surface area contributed by atoms with Crippen LogP contribution in [0, 0.1) is 0 Å². The van der Waals surface area contributed by atoms with Gasteiger partial charge in [0.05, 0.1) is 6.26 Å². The van der Waals surface area contributed by atoms with E-state index in [1.54, 1.807) is 24.3 Å². The number of aliphatic hydroxyl groups excluding tert-OH is 1. The number of aliphatic carboxylic acids is 1. The summed E-state index contributed by atoms with van der Waals surface area (Å²) in [4.78, 5) is 10.2. The van der Waals surface area contributed by atoms with E-state index in [-0.39, 0.29) is 6.42 Å². The van der Waals surface area contributed by atoms with Crippen molar-refractivity contribution in [2.24, 2.45) is 0 Å². The molecule has 0 saturated carbocycles. The zero-order valence-electron chi connectivity index (χ0n) is 8.30. The molecule has 2 N–H and O–H groups in total. The van der Waals surface area contributed by atoms with Gasteiger partial charge in [-0.2, -0.15) is 0 Å². The fourth-order valence-corrected chi connectivity index (χ4v) is 1.15. The summed E-state index contributed by atoms with van der Waals surface area (Å²) in [6.07, 6.45) is 5.49. The van der Waals surface area contributed by atoms with Gasteiger partial charge in [-0.15, -0.1) is 0 Å². The predicted octanol–water partition coefficient (Wildman–Crippen LogP) is 2.12. The van der Waals surface area contributed by atoms with Gasteiger partial charge in [0.2, 0.25) is 0 Å². The van der Waals surface area contributed by atoms with Crippen LogP contribution in [0.5, 0.6) is 0 Å². The summed E-state index contributed by atoms with van der Waals surface area (Å²) in [5.74, 6) is -0.306. The van der Waals surface area contributed by atoms with Crippen LogP contribution in [0.15, 0.2) is 35.0 Å². The fraction of sp³-hybridized carbons (Fsp3) is 0.364. The van der Waals surface area contributed by atoms with Crippen molar-refractivity contribution in [2.75, 3.05) is 0 Å². The van der Waals surface area contributed by atoms with Gasteiger partial charge in [0.15, 0.2) is 0 Å². The lowest BCUT2D eigenvalue weighted by atomic mass is 10.2. The van der Waals surface area contributed by atoms with Crippen molar-refractivity contribution < 1.29 is 19.4 Å². The van der Waals surface area contributed by atoms with Gasteiger partial charge < -0.3 is 14.6 Å². The Balaban J connectivity index is 2.23. The largest absolute Gasteiger partial charge is 0.481 e. The minimum Gasteiger partial charge on any atom is -0.481 e. The van der Waals surface area contributed by atoms with E-state index in [0.717, 1.165) is 0 Å². The first-order valence-electron chi connectivity index (χ1n) is 4.80. The van der Waals surface area contributed by atoms with Crippen molar-refractivity contribution in [3.8, 4) is 0 Å². The predicted molar refractivity (Wildman–Crippen MR) is 54.3 cm³/mol. The molecule has 1 heterocycles. The third-order valence-corrected chi connectivity index (χ3v) is 1.91. The molecule has 15 heavy (non-hydrogen) atoms. The minimum atomic E-state index is -0.796. The first-order chi connectivity index (χ1) is 7.20. The van der Waals surface area contributed by atoms with Gasteiger partial charge >= 0.3 is 5.97 Å². The highest BCUT2D eigenvalue weighted by Crippen LogP contribution is 2.14. The van der Waals surface area contributed by atoms with Gasteiger partial charge in [-0.05, 0) is 25.0 Å². The van der Waals surface area contributed by atoms with Crippen molar-refractivity contribution in [3.05, 3.63) is 36.3 Å². The van der Waals surface area contributed by atoms with E-state index in [1.165, 1.54) is 6.26 Å². The Kier molecular flexibility index (Phi) is 4.63. The molecule has 1 atom stereocenters. The molecule has 0 spiro atoms. The van der Waals surface area contributed by atoms with E-state index in [9.17, 15) is 9.90 Å². The van der Waals surface area contributed by atoms with E-state index in [2.05, 4.69) is 0 Å². The zero-order chi connectivity index (χ0) is 11.1. The molecule has 82 valence electrons. The van der Waals surface area contributed by atoms with E-state index < -0.39 is 12.1 Å². The second-order valence-electron chi connectivity index (χ2n) is 3.17. The molecule has 0 radical (unpaired) electrons. The lowest BCUT2D eigenvalue weighted by Gasteiger charge is -1.99. The highest BCUT2D eigenvalue weighted by atomic mass is 16.4. The molecule has 0 aliphatic heterocycles. The van der Waals surface area contributed by atoms with Crippen LogP contribution >= 0.6 is 0 Å². The number of furan rings is 1. The van der Waals surface area contributed by atoms with Gasteiger partial charge in [-0.3, -0.25) is 4.79 Å². The topological polar surface area (TPSA) is 70.7 Å². The van der Waals surface area contributed by atoms with Crippen molar-refractivity contribution in [1.29, 1.82) is 0 Å². The number of hydrogen-bond acceptors (Lipinski definition) is 3. The molecule has 1 aromatic heterocycles. The lowest BCUT2D eigenvalue weighted by molar-refractivity contribution is -0.137. The number of hydrogen-bond donors (Lipinski definition) is 2. The number of carboxylic acids is 1. The van der Waals surface area contributed by atoms with Crippen LogP contribution in [-0.2, 0) is 4.79 Å². The molecule has 1 aromatic rings. The van der Waals surface area contributed by atoms with Crippen molar-refractivity contribution in [2.45, 2.75) is 25.4 Å². The average Bonchev–Trinajstić information content (AvgIpc) is 2.69. The first-order valence-corrected chi connectivity index (χ1v) is 4.80. The normalized spacial score (nSPS) is 13.1. The van der Waals surface area contributed by atoms with Crippen molar-refractivity contribution >= 4 is 5.97 Å². The number of carbonyl (C=O) groups is 1. The molecule has 4 nitrogen and oxygen atoms in total. The van der Waals surface area contributed by atoms with Crippen LogP contribution < -0.4 is 0 Å². The molecule has 1 rings (SSSR count). The Morgan fingerprint density at radius 2 is 2.40 bits per heavy atom. The van der Waals surface area contributed by atoms with Gasteiger partial charge in [0.25, 0.3) is 0 Å². The highest BCUT2D eigenvalue weighted by molar-refractivity contribution is 5.66. The Labute approximate surface area is 87.8 Å². The Bertz CT molecular complexity index is 313. The molecule has 0 aromatic carbocycles. The second-order valence-corrected chi connectivity index (χ2v) is 3.17. The van der Waals surface area contributed by atoms with Crippen LogP contribution in [0.1, 0.15) is 31.1 Å². The SMILES string of the molecule is O=C(O)CCCC=CC(O)c1ccco1. The van der Waals surface area contributed by atoms with E-state index in [4.69, 9.17) is 9.52 Å². The zero-order valence-corrected chi connectivity index (χ0v) is 8.30. The third kappa shape index (κ3) is 4.46. The van der Waals surface area contributed by atoms with Gasteiger partial charge in [0, 0.05) is 6.42 Å². The number of unbranched alkanes of at least 4 members (excludes halogenated alkanes) is 1. The maximum Gasteiger partial charge on any atom is 0.303 e. The molecule has 0 aliphatic rings. The quantitative estimate of drug-likeness (QED) is 0.557. The lowest BCUT2D eigenvalue weighted by Crippen LogP contribution is -1.93. The molecule has 0 fully saturated rings. The van der Waals surface area contributed by atoms with Crippen LogP contribution in [0.3, 0.4) is 0 Å². The summed E-state index contributed by atoms with van der Waals surface area (Å²) in [6, 6.07) is 3.39. The standard InChI is InChI=1S/C11H14O4/c12-9(10-6-4-8-15-10)5-2-1-3-7-11(13)14/h2,4-6,8-9,12H,1,3,7H2,(H,13,14). The number of aliphatic hydroxyl groups is 1. The Hall–Kier alpha value is -1.55. The summed E-state index contributed by atoms with van der Waals surface area (Å²) in [5, 5.41) is 17.9. The molecule has 0 saturated heterocycles. The molecule has 0 bridgehead atoms. The highest BCUT2D eigenvalue weighted by Gasteiger charge is 2.04. The monoisotopic (exact) mass is 210 g/mol. The summed E-state index contributed by atoms with van der Waals surface area (Å²) in [7, 11) is 0. The van der Waals surface area contributed by atoms with E-state index in [0.29, 0.717) is 18.6 Å². The van der Waals surface area contributed by atoms with Gasteiger partial charge in [-0.1, -0.05) is 12.2 Å². The smallest absolute Gasteiger partial charge is 0.303 e. The van der Waals surface area contributed by atoms with Crippen LogP contribution in [0.25, 0.3) is 0 Å². The minimum absolute atomic E-state index is 0.154. The van der Waals surface area contributed by atoms with Crippen LogP contribution in [0.2, 0.25) is 0 Å². The number of carboxylic acid groups (broad SMARTS) is 1. The summed E-state index contributed by atoms with van der Waals surface area (Å²) in [5.41, 5.74) is 0. The Morgan fingerprint density at radius 1 is 1.60 bits per heavy atom. The van der Waals surface area contributed by atoms with Crippen LogP contribution in [-0.4, -0.2) is 16.2 Å². The molecule has 4 heteroatoms. The number of rotatable bonds is 6. The van der Waals surface area contributed by atoms with E-state index in [1.807, 2.05) is 0 Å². The molecule has 0 amide bonds. The van der Waals surface area contributed by atoms with Crippen molar-refractivity contribution in [3.63, 3.8) is 0 Å². The first kappa shape index (κ1) is 11.5. The summed E-state index contributed by atoms with van der Waals surface area (Å²) in [6.45, 7) is 0.